The molecule has 0 aliphatic carbocycles. The van der Waals surface area contributed by atoms with E-state index in [0.29, 0.717) is 24.6 Å². The Labute approximate surface area is 98.2 Å². The van der Waals surface area contributed by atoms with Crippen LogP contribution in [0.15, 0.2) is 0 Å². The number of piperidine rings is 1. The molecule has 0 amide bonds. The Kier molecular flexibility index (Phi) is 3.85. The molecule has 2 saturated heterocycles. The number of aliphatic hydroxyl groups is 1. The van der Waals surface area contributed by atoms with Crippen LogP contribution < -0.4 is 0 Å². The molecule has 4 nitrogen and oxygen atoms in total. The molecule has 2 aliphatic heterocycles. The average Bonchev–Trinajstić information content (AvgIpc) is 2.62. The van der Waals surface area contributed by atoms with Gasteiger partial charge in [-0.3, -0.25) is 0 Å². The number of ether oxygens (including phenoxy) is 1. The summed E-state index contributed by atoms with van der Waals surface area (Å²) in [6.07, 6.45) is 1.60. The van der Waals surface area contributed by atoms with Crippen LogP contribution >= 0.6 is 0 Å². The van der Waals surface area contributed by atoms with E-state index in [1.54, 1.807) is 0 Å². The van der Waals surface area contributed by atoms with Gasteiger partial charge < -0.3 is 14.7 Å². The smallest absolute Gasteiger partial charge is 0.216 e. The lowest BCUT2D eigenvalue weighted by molar-refractivity contribution is -0.155. The van der Waals surface area contributed by atoms with Crippen molar-refractivity contribution in [3.05, 3.63) is 0 Å². The molecule has 2 fully saturated rings. The molecule has 4 heteroatoms. The van der Waals surface area contributed by atoms with Crippen molar-refractivity contribution >= 4 is 0 Å². The number of likely N-dealkylation sites (tertiary alicyclic amines) is 1. The Morgan fingerprint density at radius 1 is 1.25 bits per heavy atom. The topological polar surface area (TPSA) is 35.9 Å². The van der Waals surface area contributed by atoms with Gasteiger partial charge in [0.1, 0.15) is 0 Å². The first kappa shape index (κ1) is 12.3. The summed E-state index contributed by atoms with van der Waals surface area (Å²) >= 11 is 0. The van der Waals surface area contributed by atoms with Gasteiger partial charge in [0.05, 0.1) is 6.61 Å². The average molecular weight is 228 g/mol. The van der Waals surface area contributed by atoms with Crippen LogP contribution in [0.25, 0.3) is 0 Å². The summed E-state index contributed by atoms with van der Waals surface area (Å²) in [5.74, 6) is 0.539. The van der Waals surface area contributed by atoms with E-state index in [1.165, 1.54) is 0 Å². The number of nitrogens with zero attached hydrogens (tertiary/aromatic N) is 2. The second-order valence-corrected chi connectivity index (χ2v) is 5.45. The zero-order valence-corrected chi connectivity index (χ0v) is 10.6. The Hall–Kier alpha value is -0.160. The van der Waals surface area contributed by atoms with Gasteiger partial charge in [0.2, 0.25) is 6.41 Å². The molecule has 0 radical (unpaired) electrons. The van der Waals surface area contributed by atoms with Crippen molar-refractivity contribution in [3.63, 3.8) is 0 Å². The van der Waals surface area contributed by atoms with E-state index in [0.717, 1.165) is 25.9 Å². The number of hydrogen-bond acceptors (Lipinski definition) is 4. The first-order valence-corrected chi connectivity index (χ1v) is 6.35. The zero-order valence-electron chi connectivity index (χ0n) is 10.6. The summed E-state index contributed by atoms with van der Waals surface area (Å²) in [5, 5.41) is 9.92. The highest BCUT2D eigenvalue weighted by Crippen LogP contribution is 2.28. The Morgan fingerprint density at radius 3 is 2.44 bits per heavy atom. The van der Waals surface area contributed by atoms with Gasteiger partial charge in [0, 0.05) is 12.1 Å². The molecule has 0 spiro atoms. The van der Waals surface area contributed by atoms with Crippen LogP contribution in [-0.4, -0.2) is 60.1 Å². The van der Waals surface area contributed by atoms with Crippen molar-refractivity contribution in [3.8, 4) is 0 Å². The lowest BCUT2D eigenvalue weighted by atomic mass is 9.98. The third-order valence-corrected chi connectivity index (χ3v) is 3.93. The Balaban J connectivity index is 2.00. The van der Waals surface area contributed by atoms with Crippen molar-refractivity contribution in [2.75, 3.05) is 26.7 Å². The highest BCUT2D eigenvalue weighted by molar-refractivity contribution is 4.87. The molecule has 16 heavy (non-hydrogen) atoms. The third-order valence-electron chi connectivity index (χ3n) is 3.93. The van der Waals surface area contributed by atoms with Crippen molar-refractivity contribution in [2.45, 2.75) is 45.2 Å². The van der Waals surface area contributed by atoms with E-state index in [9.17, 15) is 5.11 Å². The molecule has 0 bridgehead atoms. The highest BCUT2D eigenvalue weighted by Gasteiger charge is 2.40. The Morgan fingerprint density at radius 2 is 1.88 bits per heavy atom. The molecule has 0 aromatic heterocycles. The van der Waals surface area contributed by atoms with E-state index < -0.39 is 6.41 Å². The molecule has 94 valence electrons. The molecule has 0 saturated carbocycles. The van der Waals surface area contributed by atoms with Gasteiger partial charge in [-0.2, -0.15) is 0 Å². The van der Waals surface area contributed by atoms with Crippen molar-refractivity contribution < 1.29 is 9.84 Å². The highest BCUT2D eigenvalue weighted by atomic mass is 16.6. The van der Waals surface area contributed by atoms with E-state index in [1.807, 2.05) is 0 Å². The first-order valence-electron chi connectivity index (χ1n) is 6.35. The summed E-state index contributed by atoms with van der Waals surface area (Å²) < 4.78 is 5.39. The second kappa shape index (κ2) is 5.00. The maximum Gasteiger partial charge on any atom is 0.216 e. The predicted octanol–water partition coefficient (Wildman–Crippen LogP) is 0.713. The van der Waals surface area contributed by atoms with E-state index >= 15 is 0 Å². The molecule has 1 N–H and O–H groups in total. The number of hydrogen-bond donors (Lipinski definition) is 1. The van der Waals surface area contributed by atoms with Crippen LogP contribution in [0, 0.1) is 5.92 Å². The SMILES string of the molecule is CC(C)[C@@H]1COC(O)N1C1CCN(C)CC1. The monoisotopic (exact) mass is 228 g/mol. The lowest BCUT2D eigenvalue weighted by Crippen LogP contribution is -2.51. The molecule has 0 aromatic rings. The number of rotatable bonds is 2. The fourth-order valence-corrected chi connectivity index (χ4v) is 2.80. The third kappa shape index (κ3) is 2.40. The van der Waals surface area contributed by atoms with Crippen LogP contribution in [0.4, 0.5) is 0 Å². The van der Waals surface area contributed by atoms with E-state index in [2.05, 4.69) is 30.7 Å². The molecule has 2 aliphatic rings. The van der Waals surface area contributed by atoms with Gasteiger partial charge in [-0.05, 0) is 38.9 Å². The van der Waals surface area contributed by atoms with Gasteiger partial charge in [-0.1, -0.05) is 13.8 Å². The summed E-state index contributed by atoms with van der Waals surface area (Å²) in [4.78, 5) is 4.54. The molecular weight excluding hydrogens is 204 g/mol. The number of aliphatic hydroxyl groups excluding tert-OH is 1. The molecule has 0 aromatic carbocycles. The van der Waals surface area contributed by atoms with Gasteiger partial charge in [0.15, 0.2) is 0 Å². The van der Waals surface area contributed by atoms with Crippen LogP contribution in [0.1, 0.15) is 26.7 Å². The van der Waals surface area contributed by atoms with Crippen molar-refractivity contribution in [1.29, 1.82) is 0 Å². The minimum atomic E-state index is -0.680. The van der Waals surface area contributed by atoms with Crippen LogP contribution in [0.2, 0.25) is 0 Å². The minimum Gasteiger partial charge on any atom is -0.356 e. The fourth-order valence-electron chi connectivity index (χ4n) is 2.80. The van der Waals surface area contributed by atoms with Gasteiger partial charge in [-0.15, -0.1) is 0 Å². The maximum absolute atomic E-state index is 9.92. The standard InChI is InChI=1S/C12H24N2O2/c1-9(2)11-8-16-12(15)14(11)10-4-6-13(3)7-5-10/h9-12,15H,4-8H2,1-3H3/t11-,12?/m0/s1. The molecule has 2 atom stereocenters. The summed E-state index contributed by atoms with van der Waals surface area (Å²) in [6.45, 7) is 7.32. The lowest BCUT2D eigenvalue weighted by Gasteiger charge is -2.39. The first-order chi connectivity index (χ1) is 7.59. The zero-order chi connectivity index (χ0) is 11.7. The van der Waals surface area contributed by atoms with Gasteiger partial charge in [-0.25, -0.2) is 4.90 Å². The summed E-state index contributed by atoms with van der Waals surface area (Å²) in [6, 6.07) is 0.865. The minimum absolute atomic E-state index is 0.378. The van der Waals surface area contributed by atoms with Crippen LogP contribution in [0.3, 0.4) is 0 Å². The fraction of sp³-hybridized carbons (Fsp3) is 1.00. The van der Waals surface area contributed by atoms with Gasteiger partial charge in [0.25, 0.3) is 0 Å². The second-order valence-electron chi connectivity index (χ2n) is 5.45. The maximum atomic E-state index is 9.92. The molecule has 2 rings (SSSR count). The molecule has 2 heterocycles. The molecular formula is C12H24N2O2. The van der Waals surface area contributed by atoms with Gasteiger partial charge >= 0.3 is 0 Å². The van der Waals surface area contributed by atoms with Crippen molar-refractivity contribution in [1.82, 2.24) is 9.80 Å². The van der Waals surface area contributed by atoms with Crippen molar-refractivity contribution in [2.24, 2.45) is 5.92 Å². The largest absolute Gasteiger partial charge is 0.356 e. The predicted molar refractivity (Wildman–Crippen MR) is 62.9 cm³/mol. The quantitative estimate of drug-likeness (QED) is 0.755. The normalized spacial score (nSPS) is 35.1. The van der Waals surface area contributed by atoms with E-state index in [4.69, 9.17) is 4.74 Å². The van der Waals surface area contributed by atoms with E-state index in [-0.39, 0.29) is 0 Å². The van der Waals surface area contributed by atoms with Crippen LogP contribution in [-0.2, 0) is 4.74 Å². The van der Waals surface area contributed by atoms with Crippen LogP contribution in [0.5, 0.6) is 0 Å². The summed E-state index contributed by atoms with van der Waals surface area (Å²) in [5.41, 5.74) is 0. The summed E-state index contributed by atoms with van der Waals surface area (Å²) in [7, 11) is 2.16. The molecule has 1 unspecified atom stereocenters. The Bertz CT molecular complexity index is 227.